The van der Waals surface area contributed by atoms with Crippen LogP contribution in [0.25, 0.3) is 0 Å². The highest BCUT2D eigenvalue weighted by Gasteiger charge is 2.18. The molecule has 0 bridgehead atoms. The molecule has 0 radical (unpaired) electrons. The average Bonchev–Trinajstić information content (AvgIpc) is 2.29. The van der Waals surface area contributed by atoms with Crippen LogP contribution in [0.2, 0.25) is 0 Å². The van der Waals surface area contributed by atoms with Crippen molar-refractivity contribution in [1.82, 2.24) is 5.32 Å². The standard InChI is InChI=1S/C10H14BFN2O2/c12-10-7-8(1-2-9(10)11(15)16)14-5-3-13-4-6-14/h1-2,7,13,15-16H,3-6H2. The van der Waals surface area contributed by atoms with Crippen molar-refractivity contribution in [2.45, 2.75) is 0 Å². The SMILES string of the molecule is OB(O)c1ccc(N2CCNCC2)cc1F. The third-order valence-electron chi connectivity index (χ3n) is 2.74. The van der Waals surface area contributed by atoms with Gasteiger partial charge in [0, 0.05) is 37.3 Å². The zero-order valence-electron chi connectivity index (χ0n) is 8.86. The summed E-state index contributed by atoms with van der Waals surface area (Å²) in [4.78, 5) is 2.06. The summed E-state index contributed by atoms with van der Waals surface area (Å²) in [6.45, 7) is 3.43. The molecule has 0 aromatic heterocycles. The van der Waals surface area contributed by atoms with Gasteiger partial charge in [0.1, 0.15) is 5.82 Å². The molecule has 86 valence electrons. The molecule has 2 rings (SSSR count). The van der Waals surface area contributed by atoms with E-state index in [2.05, 4.69) is 10.2 Å². The molecule has 6 heteroatoms. The molecule has 3 N–H and O–H groups in total. The number of hydrogen-bond donors (Lipinski definition) is 3. The van der Waals surface area contributed by atoms with E-state index >= 15 is 0 Å². The zero-order valence-corrected chi connectivity index (χ0v) is 8.86. The molecule has 1 heterocycles. The van der Waals surface area contributed by atoms with E-state index in [4.69, 9.17) is 10.0 Å². The van der Waals surface area contributed by atoms with Crippen LogP contribution in [0.5, 0.6) is 0 Å². The lowest BCUT2D eigenvalue weighted by atomic mass is 9.80. The predicted molar refractivity (Wildman–Crippen MR) is 61.3 cm³/mol. The van der Waals surface area contributed by atoms with Crippen LogP contribution in [0.1, 0.15) is 0 Å². The predicted octanol–water partition coefficient (Wildman–Crippen LogP) is -1.08. The summed E-state index contributed by atoms with van der Waals surface area (Å²) in [5.74, 6) is -0.578. The van der Waals surface area contributed by atoms with Gasteiger partial charge in [-0.25, -0.2) is 4.39 Å². The quantitative estimate of drug-likeness (QED) is 0.559. The minimum absolute atomic E-state index is 0.0844. The second kappa shape index (κ2) is 4.82. The van der Waals surface area contributed by atoms with Gasteiger partial charge in [-0.15, -0.1) is 0 Å². The van der Waals surface area contributed by atoms with E-state index < -0.39 is 12.9 Å². The fourth-order valence-electron chi connectivity index (χ4n) is 1.85. The Bertz CT molecular complexity index is 370. The monoisotopic (exact) mass is 224 g/mol. The molecule has 4 nitrogen and oxygen atoms in total. The fourth-order valence-corrected chi connectivity index (χ4v) is 1.85. The molecule has 0 amide bonds. The number of anilines is 1. The number of hydrogen-bond acceptors (Lipinski definition) is 4. The molecule has 0 aliphatic carbocycles. The number of halogens is 1. The average molecular weight is 224 g/mol. The first kappa shape index (κ1) is 11.4. The van der Waals surface area contributed by atoms with Crippen LogP contribution in [0.4, 0.5) is 10.1 Å². The normalized spacial score (nSPS) is 16.3. The van der Waals surface area contributed by atoms with Crippen molar-refractivity contribution in [3.8, 4) is 0 Å². The van der Waals surface area contributed by atoms with Crippen molar-refractivity contribution < 1.29 is 14.4 Å². The van der Waals surface area contributed by atoms with E-state index in [0.29, 0.717) is 0 Å². The first-order valence-corrected chi connectivity index (χ1v) is 5.30. The maximum atomic E-state index is 13.5. The van der Waals surface area contributed by atoms with Crippen LogP contribution in [-0.4, -0.2) is 43.3 Å². The Balaban J connectivity index is 2.19. The first-order chi connectivity index (χ1) is 7.68. The van der Waals surface area contributed by atoms with Gasteiger partial charge in [-0.3, -0.25) is 0 Å². The van der Waals surface area contributed by atoms with E-state index in [0.717, 1.165) is 31.9 Å². The smallest absolute Gasteiger partial charge is 0.423 e. The van der Waals surface area contributed by atoms with Crippen molar-refractivity contribution in [1.29, 1.82) is 0 Å². The summed E-state index contributed by atoms with van der Waals surface area (Å²) in [5.41, 5.74) is 0.697. The summed E-state index contributed by atoms with van der Waals surface area (Å²) in [6, 6.07) is 4.47. The van der Waals surface area contributed by atoms with Gasteiger partial charge in [0.15, 0.2) is 0 Å². The van der Waals surface area contributed by atoms with Gasteiger partial charge < -0.3 is 20.3 Å². The topological polar surface area (TPSA) is 55.7 Å². The summed E-state index contributed by atoms with van der Waals surface area (Å²) < 4.78 is 13.5. The Morgan fingerprint density at radius 3 is 2.50 bits per heavy atom. The molecule has 0 atom stereocenters. The molecular weight excluding hydrogens is 210 g/mol. The molecule has 1 aromatic rings. The molecule has 1 saturated heterocycles. The Labute approximate surface area is 93.8 Å². The van der Waals surface area contributed by atoms with Crippen LogP contribution in [0.15, 0.2) is 18.2 Å². The van der Waals surface area contributed by atoms with Crippen molar-refractivity contribution >= 4 is 18.3 Å². The maximum Gasteiger partial charge on any atom is 0.491 e. The molecule has 0 unspecified atom stereocenters. The second-order valence-corrected chi connectivity index (χ2v) is 3.82. The Hall–Kier alpha value is -1.11. The third kappa shape index (κ3) is 2.34. The van der Waals surface area contributed by atoms with Crippen molar-refractivity contribution in [2.75, 3.05) is 31.1 Å². The lowest BCUT2D eigenvalue weighted by Crippen LogP contribution is -2.44. The largest absolute Gasteiger partial charge is 0.491 e. The molecule has 0 spiro atoms. The van der Waals surface area contributed by atoms with Gasteiger partial charge in [0.25, 0.3) is 0 Å². The van der Waals surface area contributed by atoms with Gasteiger partial charge in [-0.2, -0.15) is 0 Å². The van der Waals surface area contributed by atoms with Gasteiger partial charge in [0.05, 0.1) is 0 Å². The number of piperazine rings is 1. The highest BCUT2D eigenvalue weighted by atomic mass is 19.1. The number of benzene rings is 1. The Morgan fingerprint density at radius 1 is 1.25 bits per heavy atom. The van der Waals surface area contributed by atoms with Crippen LogP contribution in [0, 0.1) is 5.82 Å². The van der Waals surface area contributed by atoms with Gasteiger partial charge in [-0.1, -0.05) is 6.07 Å². The third-order valence-corrected chi connectivity index (χ3v) is 2.74. The molecule has 16 heavy (non-hydrogen) atoms. The summed E-state index contributed by atoms with van der Waals surface area (Å²) >= 11 is 0. The van der Waals surface area contributed by atoms with Crippen LogP contribution < -0.4 is 15.7 Å². The van der Waals surface area contributed by atoms with E-state index in [1.54, 1.807) is 6.07 Å². The summed E-state index contributed by atoms with van der Waals surface area (Å²) in [7, 11) is -1.75. The van der Waals surface area contributed by atoms with Crippen molar-refractivity contribution in [2.24, 2.45) is 0 Å². The lowest BCUT2D eigenvalue weighted by Gasteiger charge is -2.29. The second-order valence-electron chi connectivity index (χ2n) is 3.82. The van der Waals surface area contributed by atoms with Crippen LogP contribution >= 0.6 is 0 Å². The highest BCUT2D eigenvalue weighted by Crippen LogP contribution is 2.14. The van der Waals surface area contributed by atoms with Gasteiger partial charge in [0.2, 0.25) is 0 Å². The molecule has 1 aliphatic rings. The van der Waals surface area contributed by atoms with Gasteiger partial charge >= 0.3 is 7.12 Å². The van der Waals surface area contributed by atoms with Crippen molar-refractivity contribution in [3.63, 3.8) is 0 Å². The lowest BCUT2D eigenvalue weighted by molar-refractivity contribution is 0.423. The summed E-state index contributed by atoms with van der Waals surface area (Å²) in [5, 5.41) is 21.0. The van der Waals surface area contributed by atoms with Crippen LogP contribution in [0.3, 0.4) is 0 Å². The first-order valence-electron chi connectivity index (χ1n) is 5.30. The Morgan fingerprint density at radius 2 is 1.94 bits per heavy atom. The summed E-state index contributed by atoms with van der Waals surface area (Å²) in [6.07, 6.45) is 0. The maximum absolute atomic E-state index is 13.5. The minimum Gasteiger partial charge on any atom is -0.423 e. The highest BCUT2D eigenvalue weighted by molar-refractivity contribution is 6.58. The fraction of sp³-hybridized carbons (Fsp3) is 0.400. The minimum atomic E-state index is -1.75. The number of nitrogens with one attached hydrogen (secondary N) is 1. The molecule has 1 aliphatic heterocycles. The number of rotatable bonds is 2. The molecular formula is C10H14BFN2O2. The van der Waals surface area contributed by atoms with E-state index in [-0.39, 0.29) is 5.46 Å². The molecule has 0 saturated carbocycles. The van der Waals surface area contributed by atoms with Gasteiger partial charge in [-0.05, 0) is 12.1 Å². The number of nitrogens with zero attached hydrogens (tertiary/aromatic N) is 1. The van der Waals surface area contributed by atoms with Crippen LogP contribution in [-0.2, 0) is 0 Å². The van der Waals surface area contributed by atoms with E-state index in [1.165, 1.54) is 12.1 Å². The van der Waals surface area contributed by atoms with E-state index in [9.17, 15) is 4.39 Å². The molecule has 1 fully saturated rings. The molecule has 1 aromatic carbocycles. The Kier molecular flexibility index (Phi) is 3.43. The zero-order chi connectivity index (χ0) is 11.5. The van der Waals surface area contributed by atoms with Crippen molar-refractivity contribution in [3.05, 3.63) is 24.0 Å². The van der Waals surface area contributed by atoms with E-state index in [1.807, 2.05) is 0 Å².